The molecule has 2 aliphatic heterocycles. The van der Waals surface area contributed by atoms with Gasteiger partial charge in [-0.3, -0.25) is 4.79 Å². The standard InChI is InChI=1S/C22H24N2O3/c25-21-20-8-7-18(16-3-5-17(6-4-16)22(26)27)15-19(20)9-12-24(21)14-13-23-10-1-2-11-23/h3-8,15H,1-2,9-14H2,(H,26,27). The van der Waals surface area contributed by atoms with Crippen LogP contribution in [0.3, 0.4) is 0 Å². The normalized spacial score (nSPS) is 17.2. The Balaban J connectivity index is 1.48. The van der Waals surface area contributed by atoms with Crippen LogP contribution < -0.4 is 0 Å². The number of hydrogen-bond acceptors (Lipinski definition) is 3. The van der Waals surface area contributed by atoms with Crippen LogP contribution in [0.1, 0.15) is 39.1 Å². The van der Waals surface area contributed by atoms with Crippen molar-refractivity contribution < 1.29 is 14.7 Å². The fraction of sp³-hybridized carbons (Fsp3) is 0.364. The molecule has 1 fully saturated rings. The summed E-state index contributed by atoms with van der Waals surface area (Å²) in [4.78, 5) is 28.2. The largest absolute Gasteiger partial charge is 0.478 e. The molecular weight excluding hydrogens is 340 g/mol. The van der Waals surface area contributed by atoms with Gasteiger partial charge in [-0.05, 0) is 67.2 Å². The summed E-state index contributed by atoms with van der Waals surface area (Å²) in [6.45, 7) is 4.85. The van der Waals surface area contributed by atoms with Crippen LogP contribution in [0.25, 0.3) is 11.1 Å². The molecule has 0 aromatic heterocycles. The van der Waals surface area contributed by atoms with Crippen LogP contribution in [0.5, 0.6) is 0 Å². The third-order valence-corrected chi connectivity index (χ3v) is 5.62. The monoisotopic (exact) mass is 364 g/mol. The smallest absolute Gasteiger partial charge is 0.335 e. The lowest BCUT2D eigenvalue weighted by molar-refractivity contribution is 0.0694. The van der Waals surface area contributed by atoms with Crippen LogP contribution >= 0.6 is 0 Å². The van der Waals surface area contributed by atoms with Crippen LogP contribution in [0.15, 0.2) is 42.5 Å². The highest BCUT2D eigenvalue weighted by Crippen LogP contribution is 2.27. The quantitative estimate of drug-likeness (QED) is 0.885. The van der Waals surface area contributed by atoms with E-state index in [9.17, 15) is 9.59 Å². The number of benzene rings is 2. The number of carboxylic acid groups (broad SMARTS) is 1. The number of carboxylic acids is 1. The van der Waals surface area contributed by atoms with Gasteiger partial charge in [-0.25, -0.2) is 4.79 Å². The number of nitrogens with zero attached hydrogens (tertiary/aromatic N) is 2. The lowest BCUT2D eigenvalue weighted by Crippen LogP contribution is -2.42. The number of rotatable bonds is 5. The van der Waals surface area contributed by atoms with Crippen molar-refractivity contribution in [2.75, 3.05) is 32.7 Å². The van der Waals surface area contributed by atoms with Gasteiger partial charge in [-0.1, -0.05) is 24.3 Å². The molecule has 27 heavy (non-hydrogen) atoms. The molecule has 0 atom stereocenters. The van der Waals surface area contributed by atoms with Gasteiger partial charge in [0.05, 0.1) is 5.56 Å². The van der Waals surface area contributed by atoms with Gasteiger partial charge in [-0.2, -0.15) is 0 Å². The third kappa shape index (κ3) is 3.74. The minimum absolute atomic E-state index is 0.128. The third-order valence-electron chi connectivity index (χ3n) is 5.62. The van der Waals surface area contributed by atoms with Crippen molar-refractivity contribution in [3.05, 3.63) is 59.2 Å². The molecule has 5 heteroatoms. The Morgan fingerprint density at radius 1 is 0.926 bits per heavy atom. The van der Waals surface area contributed by atoms with E-state index in [0.29, 0.717) is 0 Å². The van der Waals surface area contributed by atoms with E-state index < -0.39 is 5.97 Å². The molecule has 0 radical (unpaired) electrons. The van der Waals surface area contributed by atoms with Gasteiger partial charge in [0.2, 0.25) is 0 Å². The first-order valence-electron chi connectivity index (χ1n) is 9.60. The van der Waals surface area contributed by atoms with E-state index in [0.717, 1.165) is 61.4 Å². The maximum absolute atomic E-state index is 12.8. The Bertz CT molecular complexity index is 854. The average molecular weight is 364 g/mol. The molecule has 1 amide bonds. The molecule has 2 heterocycles. The Kier molecular flexibility index (Phi) is 4.94. The lowest BCUT2D eigenvalue weighted by atomic mass is 9.94. The van der Waals surface area contributed by atoms with Gasteiger partial charge in [0, 0.05) is 25.2 Å². The van der Waals surface area contributed by atoms with Crippen molar-refractivity contribution in [1.82, 2.24) is 9.80 Å². The molecule has 0 spiro atoms. The Hall–Kier alpha value is -2.66. The summed E-state index contributed by atoms with van der Waals surface area (Å²) < 4.78 is 0. The fourth-order valence-electron chi connectivity index (χ4n) is 4.00. The summed E-state index contributed by atoms with van der Waals surface area (Å²) in [5.74, 6) is -0.796. The highest BCUT2D eigenvalue weighted by molar-refractivity contribution is 5.97. The van der Waals surface area contributed by atoms with Crippen molar-refractivity contribution in [2.45, 2.75) is 19.3 Å². The van der Waals surface area contributed by atoms with Crippen LogP contribution in [0, 0.1) is 0 Å². The van der Waals surface area contributed by atoms with E-state index in [1.165, 1.54) is 12.8 Å². The number of fused-ring (bicyclic) bond motifs is 1. The van der Waals surface area contributed by atoms with E-state index in [-0.39, 0.29) is 11.5 Å². The van der Waals surface area contributed by atoms with Gasteiger partial charge in [0.25, 0.3) is 5.91 Å². The number of carbonyl (C=O) groups is 2. The number of aromatic carboxylic acids is 1. The molecule has 1 N–H and O–H groups in total. The van der Waals surface area contributed by atoms with Crippen LogP contribution in [-0.2, 0) is 6.42 Å². The van der Waals surface area contributed by atoms with E-state index in [1.54, 1.807) is 12.1 Å². The van der Waals surface area contributed by atoms with Gasteiger partial charge in [0.15, 0.2) is 0 Å². The zero-order valence-corrected chi connectivity index (χ0v) is 15.4. The number of likely N-dealkylation sites (tertiary alicyclic amines) is 1. The summed E-state index contributed by atoms with van der Waals surface area (Å²) in [5, 5.41) is 9.03. The summed E-state index contributed by atoms with van der Waals surface area (Å²) >= 11 is 0. The Morgan fingerprint density at radius 2 is 1.63 bits per heavy atom. The van der Waals surface area contributed by atoms with Crippen molar-refractivity contribution in [3.8, 4) is 11.1 Å². The van der Waals surface area contributed by atoms with Crippen LogP contribution in [0.4, 0.5) is 0 Å². The van der Waals surface area contributed by atoms with Crippen LogP contribution in [0.2, 0.25) is 0 Å². The molecule has 0 saturated carbocycles. The fourth-order valence-corrected chi connectivity index (χ4v) is 4.00. The highest BCUT2D eigenvalue weighted by atomic mass is 16.4. The molecule has 5 nitrogen and oxygen atoms in total. The molecule has 2 aliphatic rings. The zero-order valence-electron chi connectivity index (χ0n) is 15.4. The maximum atomic E-state index is 12.8. The maximum Gasteiger partial charge on any atom is 0.335 e. The number of hydrogen-bond donors (Lipinski definition) is 1. The topological polar surface area (TPSA) is 60.9 Å². The van der Waals surface area contributed by atoms with Crippen molar-refractivity contribution in [1.29, 1.82) is 0 Å². The Morgan fingerprint density at radius 3 is 2.33 bits per heavy atom. The van der Waals surface area contributed by atoms with E-state index in [4.69, 9.17) is 5.11 Å². The van der Waals surface area contributed by atoms with Gasteiger partial charge in [-0.15, -0.1) is 0 Å². The first-order valence-corrected chi connectivity index (χ1v) is 9.60. The van der Waals surface area contributed by atoms with Crippen molar-refractivity contribution in [2.24, 2.45) is 0 Å². The van der Waals surface area contributed by atoms with Crippen LogP contribution in [-0.4, -0.2) is 59.5 Å². The Labute approximate surface area is 159 Å². The summed E-state index contributed by atoms with van der Waals surface area (Å²) in [6, 6.07) is 12.8. The molecule has 2 aromatic rings. The first kappa shape index (κ1) is 17.7. The minimum Gasteiger partial charge on any atom is -0.478 e. The average Bonchev–Trinajstić information content (AvgIpc) is 3.21. The van der Waals surface area contributed by atoms with Gasteiger partial charge in [0.1, 0.15) is 0 Å². The van der Waals surface area contributed by atoms with E-state index in [2.05, 4.69) is 11.0 Å². The minimum atomic E-state index is -0.924. The van der Waals surface area contributed by atoms with E-state index >= 15 is 0 Å². The second-order valence-electron chi connectivity index (χ2n) is 7.35. The first-order chi connectivity index (χ1) is 13.1. The molecular formula is C22H24N2O3. The van der Waals surface area contributed by atoms with Crippen molar-refractivity contribution >= 4 is 11.9 Å². The van der Waals surface area contributed by atoms with Crippen molar-refractivity contribution in [3.63, 3.8) is 0 Å². The lowest BCUT2D eigenvalue weighted by Gasteiger charge is -2.30. The number of carbonyl (C=O) groups excluding carboxylic acids is 1. The van der Waals surface area contributed by atoms with E-state index in [1.807, 2.05) is 29.2 Å². The summed E-state index contributed by atoms with van der Waals surface area (Å²) in [5.41, 5.74) is 4.14. The second-order valence-corrected chi connectivity index (χ2v) is 7.35. The predicted octanol–water partition coefficient (Wildman–Crippen LogP) is 3.15. The predicted molar refractivity (Wildman–Crippen MR) is 104 cm³/mol. The number of amides is 1. The molecule has 2 aromatic carbocycles. The summed E-state index contributed by atoms with van der Waals surface area (Å²) in [7, 11) is 0. The molecule has 1 saturated heterocycles. The molecule has 4 rings (SSSR count). The molecule has 0 unspecified atom stereocenters. The highest BCUT2D eigenvalue weighted by Gasteiger charge is 2.25. The van der Waals surface area contributed by atoms with Gasteiger partial charge >= 0.3 is 5.97 Å². The second kappa shape index (κ2) is 7.53. The molecule has 140 valence electrons. The SMILES string of the molecule is O=C(O)c1ccc(-c2ccc3c(c2)CCN(CCN2CCCC2)C3=O)cc1. The molecule has 0 aliphatic carbocycles. The molecule has 0 bridgehead atoms. The zero-order chi connectivity index (χ0) is 18.8. The summed E-state index contributed by atoms with van der Waals surface area (Å²) in [6.07, 6.45) is 3.40. The van der Waals surface area contributed by atoms with Gasteiger partial charge < -0.3 is 14.9 Å².